The third kappa shape index (κ3) is 5.76. The normalized spacial score (nSPS) is 12.1. The number of aryl methyl sites for hydroxylation is 2. The minimum atomic E-state index is -4.73. The van der Waals surface area contributed by atoms with Crippen LogP contribution < -0.4 is 15.5 Å². The van der Waals surface area contributed by atoms with Gasteiger partial charge in [-0.05, 0) is 91.0 Å². The minimum Gasteiger partial charge on any atom is -0.406 e. The molecule has 1 aromatic heterocycles. The molecule has 0 saturated carbocycles. The van der Waals surface area contributed by atoms with Gasteiger partial charge in [-0.1, -0.05) is 43.3 Å². The Hall–Kier alpha value is -4.44. The summed E-state index contributed by atoms with van der Waals surface area (Å²) < 4.78 is 43.3. The number of nitrogens with one attached hydrogen (secondary N) is 2. The highest BCUT2D eigenvalue weighted by Gasteiger charge is 2.31. The number of hydrogen-bond acceptors (Lipinski definition) is 4. The van der Waals surface area contributed by atoms with Gasteiger partial charge >= 0.3 is 6.36 Å². The van der Waals surface area contributed by atoms with E-state index < -0.39 is 6.36 Å². The van der Waals surface area contributed by atoms with Crippen molar-refractivity contribution in [2.45, 2.75) is 33.6 Å². The van der Waals surface area contributed by atoms with Crippen LogP contribution in [0.1, 0.15) is 30.5 Å². The number of hydrogen-bond donors (Lipinski definition) is 2. The number of benzene rings is 4. The van der Waals surface area contributed by atoms with Crippen molar-refractivity contribution in [3.05, 3.63) is 95.8 Å². The van der Waals surface area contributed by atoms with Crippen LogP contribution in [0, 0.1) is 6.92 Å². The van der Waals surface area contributed by atoms with Crippen LogP contribution in [0.2, 0.25) is 0 Å². The fourth-order valence-electron chi connectivity index (χ4n) is 4.59. The molecule has 0 fully saturated rings. The van der Waals surface area contributed by atoms with Gasteiger partial charge < -0.3 is 10.1 Å². The second-order valence-corrected chi connectivity index (χ2v) is 9.66. The number of fused-ring (bicyclic) bond motifs is 3. The summed E-state index contributed by atoms with van der Waals surface area (Å²) in [5, 5.41) is 10.1. The standard InChI is InChI=1S/C30H26F3N5OS/c1-4-20-7-5-6-18(2)27(20)35-29(40)37-36-19(3)21-8-14-25-22(16-21)9-15-26-28(25)34-17-38(26)23-10-12-24(13-11-23)39-30(31,32)33/h5-17H,4H2,1-3H3,(H2,35,37,40)/b36-19+. The van der Waals surface area contributed by atoms with Gasteiger partial charge in [0.15, 0.2) is 5.11 Å². The molecule has 5 rings (SSSR count). The predicted octanol–water partition coefficient (Wildman–Crippen LogP) is 7.66. The van der Waals surface area contributed by atoms with Crippen molar-refractivity contribution >= 4 is 50.5 Å². The Labute approximate surface area is 234 Å². The van der Waals surface area contributed by atoms with Crippen LogP contribution in [-0.4, -0.2) is 26.7 Å². The van der Waals surface area contributed by atoms with Gasteiger partial charge in [0.05, 0.1) is 16.7 Å². The van der Waals surface area contributed by atoms with Crippen molar-refractivity contribution in [2.24, 2.45) is 5.10 Å². The number of hydrazone groups is 1. The highest BCUT2D eigenvalue weighted by atomic mass is 32.1. The second kappa shape index (κ2) is 11.0. The van der Waals surface area contributed by atoms with Gasteiger partial charge in [-0.2, -0.15) is 5.10 Å². The number of rotatable bonds is 6. The summed E-state index contributed by atoms with van der Waals surface area (Å²) in [5.74, 6) is -0.275. The summed E-state index contributed by atoms with van der Waals surface area (Å²) in [4.78, 5) is 4.58. The first-order valence-corrected chi connectivity index (χ1v) is 13.0. The van der Waals surface area contributed by atoms with Gasteiger partial charge in [-0.25, -0.2) is 4.98 Å². The van der Waals surface area contributed by atoms with E-state index in [0.717, 1.165) is 50.8 Å². The molecule has 0 spiro atoms. The average Bonchev–Trinajstić information content (AvgIpc) is 3.36. The number of imidazole rings is 1. The molecular formula is C30H26F3N5OS. The van der Waals surface area contributed by atoms with E-state index in [0.29, 0.717) is 10.8 Å². The lowest BCUT2D eigenvalue weighted by molar-refractivity contribution is -0.274. The second-order valence-electron chi connectivity index (χ2n) is 9.25. The summed E-state index contributed by atoms with van der Waals surface area (Å²) in [6, 6.07) is 21.7. The minimum absolute atomic E-state index is 0.275. The molecule has 0 amide bonds. The number of anilines is 1. The molecule has 2 N–H and O–H groups in total. The number of aromatic nitrogens is 2. The van der Waals surface area contributed by atoms with E-state index in [9.17, 15) is 13.2 Å². The van der Waals surface area contributed by atoms with Gasteiger partial charge in [0, 0.05) is 16.8 Å². The number of halogens is 3. The Balaban J connectivity index is 1.35. The van der Waals surface area contributed by atoms with Crippen molar-refractivity contribution in [3.8, 4) is 11.4 Å². The smallest absolute Gasteiger partial charge is 0.406 e. The lowest BCUT2D eigenvalue weighted by atomic mass is 10.0. The fraction of sp³-hybridized carbons (Fsp3) is 0.167. The molecule has 5 aromatic rings. The van der Waals surface area contributed by atoms with Crippen LogP contribution in [-0.2, 0) is 6.42 Å². The molecule has 0 atom stereocenters. The monoisotopic (exact) mass is 561 g/mol. The van der Waals surface area contributed by atoms with Crippen LogP contribution in [0.25, 0.3) is 27.5 Å². The van der Waals surface area contributed by atoms with Gasteiger partial charge in [0.1, 0.15) is 12.1 Å². The summed E-state index contributed by atoms with van der Waals surface area (Å²) in [7, 11) is 0. The molecule has 10 heteroatoms. The van der Waals surface area contributed by atoms with Crippen LogP contribution in [0.15, 0.2) is 84.2 Å². The first-order chi connectivity index (χ1) is 19.1. The molecule has 6 nitrogen and oxygen atoms in total. The van der Waals surface area contributed by atoms with Gasteiger partial charge in [-0.15, -0.1) is 13.2 Å². The van der Waals surface area contributed by atoms with E-state index in [1.54, 1.807) is 18.5 Å². The van der Waals surface area contributed by atoms with Crippen LogP contribution in [0.4, 0.5) is 18.9 Å². The third-order valence-corrected chi connectivity index (χ3v) is 6.80. The zero-order chi connectivity index (χ0) is 28.4. The number of thiocarbonyl (C=S) groups is 1. The summed E-state index contributed by atoms with van der Waals surface area (Å²) in [6.45, 7) is 6.05. The Kier molecular flexibility index (Phi) is 7.44. The first kappa shape index (κ1) is 27.1. The number of nitrogens with zero attached hydrogens (tertiary/aromatic N) is 3. The highest BCUT2D eigenvalue weighted by Crippen LogP contribution is 2.29. The van der Waals surface area contributed by atoms with Crippen LogP contribution >= 0.6 is 12.2 Å². The molecule has 0 aliphatic heterocycles. The van der Waals surface area contributed by atoms with E-state index in [1.165, 1.54) is 17.7 Å². The molecule has 0 saturated heterocycles. The average molecular weight is 562 g/mol. The van der Waals surface area contributed by atoms with Crippen molar-refractivity contribution in [3.63, 3.8) is 0 Å². The summed E-state index contributed by atoms with van der Waals surface area (Å²) in [5.41, 5.74) is 10.2. The molecule has 0 radical (unpaired) electrons. The number of para-hydroxylation sites is 1. The van der Waals surface area contributed by atoms with Crippen molar-refractivity contribution in [2.75, 3.05) is 5.32 Å². The molecule has 1 heterocycles. The van der Waals surface area contributed by atoms with E-state index in [4.69, 9.17) is 12.2 Å². The van der Waals surface area contributed by atoms with E-state index >= 15 is 0 Å². The van der Waals surface area contributed by atoms with Crippen molar-refractivity contribution in [1.29, 1.82) is 0 Å². The zero-order valence-electron chi connectivity index (χ0n) is 22.0. The lowest BCUT2D eigenvalue weighted by Crippen LogP contribution is -2.26. The maximum atomic E-state index is 12.5. The van der Waals surface area contributed by atoms with Crippen molar-refractivity contribution in [1.82, 2.24) is 15.0 Å². The molecule has 0 aliphatic rings. The van der Waals surface area contributed by atoms with Crippen LogP contribution in [0.3, 0.4) is 0 Å². The van der Waals surface area contributed by atoms with Gasteiger partial charge in [0.2, 0.25) is 0 Å². The Morgan fingerprint density at radius 1 is 1.05 bits per heavy atom. The Morgan fingerprint density at radius 2 is 1.82 bits per heavy atom. The number of ether oxygens (including phenoxy) is 1. The molecule has 40 heavy (non-hydrogen) atoms. The fourth-order valence-corrected chi connectivity index (χ4v) is 4.74. The molecule has 4 aromatic carbocycles. The van der Waals surface area contributed by atoms with Crippen LogP contribution in [0.5, 0.6) is 5.75 Å². The predicted molar refractivity (Wildman–Crippen MR) is 157 cm³/mol. The SMILES string of the molecule is CCc1cccc(C)c1NC(=S)N/N=C(\C)c1ccc2c(ccc3c2ncn3-c2ccc(OC(F)(F)F)cc2)c1. The van der Waals surface area contributed by atoms with Gasteiger partial charge in [0.25, 0.3) is 0 Å². The molecule has 0 bridgehead atoms. The maximum absolute atomic E-state index is 12.5. The molecular weight excluding hydrogens is 535 g/mol. The largest absolute Gasteiger partial charge is 0.573 e. The maximum Gasteiger partial charge on any atom is 0.573 e. The van der Waals surface area contributed by atoms with E-state index in [-0.39, 0.29) is 5.75 Å². The summed E-state index contributed by atoms with van der Waals surface area (Å²) in [6.07, 6.45) is -2.19. The first-order valence-electron chi connectivity index (χ1n) is 12.6. The quantitative estimate of drug-likeness (QED) is 0.127. The number of alkyl halides is 3. The summed E-state index contributed by atoms with van der Waals surface area (Å²) >= 11 is 5.48. The van der Waals surface area contributed by atoms with E-state index in [2.05, 4.69) is 38.6 Å². The van der Waals surface area contributed by atoms with E-state index in [1.807, 2.05) is 60.9 Å². The topological polar surface area (TPSA) is 63.5 Å². The lowest BCUT2D eigenvalue weighted by Gasteiger charge is -2.14. The Morgan fingerprint density at radius 3 is 2.55 bits per heavy atom. The Bertz CT molecular complexity index is 1740. The van der Waals surface area contributed by atoms with Crippen molar-refractivity contribution < 1.29 is 17.9 Å². The third-order valence-electron chi connectivity index (χ3n) is 6.60. The molecule has 0 aliphatic carbocycles. The molecule has 0 unspecified atom stereocenters. The zero-order valence-corrected chi connectivity index (χ0v) is 22.8. The molecule has 204 valence electrons. The highest BCUT2D eigenvalue weighted by molar-refractivity contribution is 7.80. The van der Waals surface area contributed by atoms with Gasteiger partial charge in [-0.3, -0.25) is 9.99 Å².